The summed E-state index contributed by atoms with van der Waals surface area (Å²) in [6, 6.07) is 9.11. The average molecular weight is 188 g/mol. The normalized spacial score (nSPS) is 9.21. The van der Waals surface area contributed by atoms with Crippen LogP contribution in [0.1, 0.15) is 16.8 Å². The number of nitriles is 1. The number of carbonyl (C=O) groups excluding carboxylic acids is 1. The summed E-state index contributed by atoms with van der Waals surface area (Å²) in [5, 5.41) is 8.40. The van der Waals surface area contributed by atoms with Crippen molar-refractivity contribution in [2.24, 2.45) is 0 Å². The van der Waals surface area contributed by atoms with Crippen LogP contribution < -0.4 is 4.90 Å². The average Bonchev–Trinajstić information content (AvgIpc) is 2.18. The molecule has 0 heterocycles. The molecule has 0 saturated heterocycles. The zero-order valence-corrected chi connectivity index (χ0v) is 8.32. The monoisotopic (exact) mass is 188 g/mol. The Morgan fingerprint density at radius 1 is 1.50 bits per heavy atom. The zero-order valence-electron chi connectivity index (χ0n) is 8.32. The Morgan fingerprint density at radius 3 is 2.79 bits per heavy atom. The van der Waals surface area contributed by atoms with Gasteiger partial charge in [-0.15, -0.1) is 0 Å². The minimum Gasteiger partial charge on any atom is -0.378 e. The second-order valence-corrected chi connectivity index (χ2v) is 3.20. The van der Waals surface area contributed by atoms with E-state index in [-0.39, 0.29) is 12.2 Å². The van der Waals surface area contributed by atoms with Gasteiger partial charge < -0.3 is 4.90 Å². The first-order valence-electron chi connectivity index (χ1n) is 4.32. The van der Waals surface area contributed by atoms with Crippen molar-refractivity contribution in [1.29, 1.82) is 5.26 Å². The largest absolute Gasteiger partial charge is 0.378 e. The van der Waals surface area contributed by atoms with E-state index in [1.165, 1.54) is 0 Å². The molecule has 0 aromatic heterocycles. The minimum absolute atomic E-state index is 0.0586. The molecule has 0 aliphatic carbocycles. The fourth-order valence-electron chi connectivity index (χ4n) is 1.13. The van der Waals surface area contributed by atoms with Gasteiger partial charge >= 0.3 is 0 Å². The Balaban J connectivity index is 2.95. The van der Waals surface area contributed by atoms with Gasteiger partial charge in [-0.3, -0.25) is 4.79 Å². The van der Waals surface area contributed by atoms with Crippen molar-refractivity contribution in [2.75, 3.05) is 19.0 Å². The first kappa shape index (κ1) is 10.3. The van der Waals surface area contributed by atoms with Crippen LogP contribution in [0.15, 0.2) is 24.3 Å². The number of carbonyl (C=O) groups is 1. The van der Waals surface area contributed by atoms with Crippen molar-refractivity contribution in [2.45, 2.75) is 6.42 Å². The molecule has 0 aliphatic rings. The van der Waals surface area contributed by atoms with Gasteiger partial charge in [0.15, 0.2) is 5.78 Å². The molecule has 0 amide bonds. The molecule has 0 fully saturated rings. The lowest BCUT2D eigenvalue weighted by Crippen LogP contribution is -2.09. The highest BCUT2D eigenvalue weighted by Crippen LogP contribution is 2.14. The van der Waals surface area contributed by atoms with Crippen LogP contribution in [0.25, 0.3) is 0 Å². The van der Waals surface area contributed by atoms with Crippen LogP contribution >= 0.6 is 0 Å². The molecule has 72 valence electrons. The van der Waals surface area contributed by atoms with E-state index in [1.54, 1.807) is 12.1 Å². The fraction of sp³-hybridized carbons (Fsp3) is 0.273. The maximum absolute atomic E-state index is 11.4. The molecule has 0 saturated carbocycles. The predicted molar refractivity (Wildman–Crippen MR) is 55.3 cm³/mol. The SMILES string of the molecule is CN(C)c1cccc(C(=O)CC#N)c1. The van der Waals surface area contributed by atoms with Crippen molar-refractivity contribution in [3.8, 4) is 6.07 Å². The van der Waals surface area contributed by atoms with Gasteiger partial charge in [0, 0.05) is 25.3 Å². The molecule has 3 nitrogen and oxygen atoms in total. The summed E-state index contributed by atoms with van der Waals surface area (Å²) >= 11 is 0. The molecular formula is C11H12N2O. The summed E-state index contributed by atoms with van der Waals surface area (Å²) in [6.45, 7) is 0. The van der Waals surface area contributed by atoms with Crippen molar-refractivity contribution in [1.82, 2.24) is 0 Å². The highest BCUT2D eigenvalue weighted by atomic mass is 16.1. The number of anilines is 1. The van der Waals surface area contributed by atoms with Gasteiger partial charge in [0.2, 0.25) is 0 Å². The smallest absolute Gasteiger partial charge is 0.176 e. The third-order valence-electron chi connectivity index (χ3n) is 1.92. The van der Waals surface area contributed by atoms with Crippen molar-refractivity contribution in [3.63, 3.8) is 0 Å². The summed E-state index contributed by atoms with van der Waals surface area (Å²) < 4.78 is 0. The molecule has 0 unspecified atom stereocenters. The molecule has 0 atom stereocenters. The van der Waals surface area contributed by atoms with E-state index in [9.17, 15) is 4.79 Å². The van der Waals surface area contributed by atoms with E-state index in [4.69, 9.17) is 5.26 Å². The summed E-state index contributed by atoms with van der Waals surface area (Å²) in [5.74, 6) is -0.129. The highest BCUT2D eigenvalue weighted by molar-refractivity contribution is 5.98. The zero-order chi connectivity index (χ0) is 10.6. The fourth-order valence-corrected chi connectivity index (χ4v) is 1.13. The van der Waals surface area contributed by atoms with E-state index in [0.717, 1.165) is 5.69 Å². The van der Waals surface area contributed by atoms with Crippen molar-refractivity contribution < 1.29 is 4.79 Å². The Labute approximate surface area is 83.6 Å². The molecular weight excluding hydrogens is 176 g/mol. The molecule has 0 spiro atoms. The maximum atomic E-state index is 11.4. The quantitative estimate of drug-likeness (QED) is 0.680. The molecule has 1 aromatic rings. The van der Waals surface area contributed by atoms with E-state index < -0.39 is 0 Å². The molecule has 0 aliphatic heterocycles. The van der Waals surface area contributed by atoms with Crippen LogP contribution in [0.3, 0.4) is 0 Å². The van der Waals surface area contributed by atoms with Gasteiger partial charge in [0.05, 0.1) is 12.5 Å². The molecule has 0 N–H and O–H groups in total. The summed E-state index contributed by atoms with van der Waals surface area (Å²) in [6.07, 6.45) is -0.0586. The number of hydrogen-bond acceptors (Lipinski definition) is 3. The van der Waals surface area contributed by atoms with Crippen LogP contribution in [0.5, 0.6) is 0 Å². The Hall–Kier alpha value is -1.82. The summed E-state index contributed by atoms with van der Waals surface area (Å²) in [4.78, 5) is 13.3. The second-order valence-electron chi connectivity index (χ2n) is 3.20. The molecule has 0 radical (unpaired) electrons. The van der Waals surface area contributed by atoms with Crippen molar-refractivity contribution >= 4 is 11.5 Å². The van der Waals surface area contributed by atoms with E-state index in [2.05, 4.69) is 0 Å². The van der Waals surface area contributed by atoms with E-state index in [1.807, 2.05) is 37.2 Å². The van der Waals surface area contributed by atoms with Gasteiger partial charge in [0.1, 0.15) is 0 Å². The molecule has 3 heteroatoms. The molecule has 0 bridgehead atoms. The van der Waals surface area contributed by atoms with Crippen LogP contribution in [0.4, 0.5) is 5.69 Å². The maximum Gasteiger partial charge on any atom is 0.176 e. The third-order valence-corrected chi connectivity index (χ3v) is 1.92. The first-order chi connectivity index (χ1) is 6.65. The molecule has 14 heavy (non-hydrogen) atoms. The van der Waals surface area contributed by atoms with E-state index >= 15 is 0 Å². The minimum atomic E-state index is -0.129. The highest BCUT2D eigenvalue weighted by Gasteiger charge is 2.05. The lowest BCUT2D eigenvalue weighted by molar-refractivity contribution is 0.0998. The van der Waals surface area contributed by atoms with Crippen LogP contribution in [0.2, 0.25) is 0 Å². The lowest BCUT2D eigenvalue weighted by Gasteiger charge is -2.12. The first-order valence-corrected chi connectivity index (χ1v) is 4.32. The molecule has 1 aromatic carbocycles. The van der Waals surface area contributed by atoms with E-state index in [0.29, 0.717) is 5.56 Å². The third kappa shape index (κ3) is 2.33. The Bertz CT molecular complexity index is 377. The number of benzene rings is 1. The van der Waals surface area contributed by atoms with Gasteiger partial charge in [-0.2, -0.15) is 5.26 Å². The molecule has 1 rings (SSSR count). The van der Waals surface area contributed by atoms with Crippen LogP contribution in [-0.2, 0) is 0 Å². The number of rotatable bonds is 3. The number of hydrogen-bond donors (Lipinski definition) is 0. The van der Waals surface area contributed by atoms with Gasteiger partial charge in [-0.1, -0.05) is 12.1 Å². The van der Waals surface area contributed by atoms with Gasteiger partial charge in [-0.25, -0.2) is 0 Å². The number of Topliss-reactive ketones (excluding diaryl/α,β-unsaturated/α-hetero) is 1. The Morgan fingerprint density at radius 2 is 2.21 bits per heavy atom. The lowest BCUT2D eigenvalue weighted by atomic mass is 10.1. The predicted octanol–water partition coefficient (Wildman–Crippen LogP) is 1.85. The summed E-state index contributed by atoms with van der Waals surface area (Å²) in [7, 11) is 3.82. The Kier molecular flexibility index (Phi) is 3.24. The van der Waals surface area contributed by atoms with Crippen molar-refractivity contribution in [3.05, 3.63) is 29.8 Å². The number of ketones is 1. The van der Waals surface area contributed by atoms with Gasteiger partial charge in [-0.05, 0) is 12.1 Å². The van der Waals surface area contributed by atoms with Gasteiger partial charge in [0.25, 0.3) is 0 Å². The van der Waals surface area contributed by atoms with Crippen LogP contribution in [-0.4, -0.2) is 19.9 Å². The van der Waals surface area contributed by atoms with Crippen LogP contribution in [0, 0.1) is 11.3 Å². The summed E-state index contributed by atoms with van der Waals surface area (Å²) in [5.41, 5.74) is 1.56. The standard InChI is InChI=1S/C11H12N2O/c1-13(2)10-5-3-4-9(8-10)11(14)6-7-12/h3-5,8H,6H2,1-2H3. The number of nitrogens with zero attached hydrogens (tertiary/aromatic N) is 2. The second kappa shape index (κ2) is 4.43. The topological polar surface area (TPSA) is 44.1 Å².